The van der Waals surface area contributed by atoms with Crippen molar-refractivity contribution < 1.29 is 56.8 Å². The third-order valence-corrected chi connectivity index (χ3v) is 16.3. The van der Waals surface area contributed by atoms with E-state index in [1.54, 1.807) is 12.1 Å². The normalized spacial score (nSPS) is 17.7. The molecule has 2 saturated carbocycles. The van der Waals surface area contributed by atoms with E-state index in [1.165, 1.54) is 49.5 Å². The van der Waals surface area contributed by atoms with E-state index in [2.05, 4.69) is 20.2 Å². The zero-order valence-corrected chi connectivity index (χ0v) is 39.8. The van der Waals surface area contributed by atoms with Crippen molar-refractivity contribution in [2.24, 2.45) is 5.92 Å². The van der Waals surface area contributed by atoms with Gasteiger partial charge >= 0.3 is 0 Å². The van der Waals surface area contributed by atoms with Gasteiger partial charge in [0, 0.05) is 31.0 Å². The molecule has 4 aromatic carbocycles. The molecular weight excluding hydrogens is 1030 g/mol. The standard InChI is InChI=1S/C46H38ClF8N9O6S2/c1-61(71(2,67)68)26-5-3-4-22(15-26)23-6-9-28-32(16-23)57-44(64(45(28)66)34-11-10-31(47)38-40(34)62(19-35(50)51)59-43(38)60-72(69,70)27-7-8-27)33(14-21-12-24(48)17-25(49)13-21)56-36(65)20-63-41-37(39(58-63)42(52)53)29-18-30(29)46(41,54)55/h3-6,9-13,15-17,27,29-30,33,35,42H,7-8,14,18-20H2,1-2H3,(H,56,65)(H,59,60)/t29-,30+,33-/m0/s1. The van der Waals surface area contributed by atoms with Gasteiger partial charge in [0.05, 0.1) is 55.8 Å². The molecule has 3 aliphatic rings. The Morgan fingerprint density at radius 2 is 1.64 bits per heavy atom. The Hall–Kier alpha value is -6.60. The van der Waals surface area contributed by atoms with E-state index < -0.39 is 128 Å². The van der Waals surface area contributed by atoms with Crippen LogP contribution in [0.3, 0.4) is 0 Å². The number of halogens is 9. The van der Waals surface area contributed by atoms with Crippen LogP contribution in [-0.4, -0.2) is 76.8 Å². The summed E-state index contributed by atoms with van der Waals surface area (Å²) < 4.78 is 175. The van der Waals surface area contributed by atoms with Gasteiger partial charge in [0.2, 0.25) is 26.0 Å². The Bertz CT molecular complexity index is 3680. The largest absolute Gasteiger partial charge is 0.344 e. The number of hydrogen-bond donors (Lipinski definition) is 2. The predicted molar refractivity (Wildman–Crippen MR) is 249 cm³/mol. The molecular formula is C46H38ClF8N9O6S2. The lowest BCUT2D eigenvalue weighted by molar-refractivity contribution is -0.123. The molecule has 3 atom stereocenters. The zero-order chi connectivity index (χ0) is 51.5. The molecule has 72 heavy (non-hydrogen) atoms. The van der Waals surface area contributed by atoms with E-state index >= 15 is 13.6 Å². The summed E-state index contributed by atoms with van der Waals surface area (Å²) >= 11 is 6.69. The first-order chi connectivity index (χ1) is 33.9. The average molecular weight is 1060 g/mol. The molecule has 1 amide bonds. The van der Waals surface area contributed by atoms with Crippen LogP contribution < -0.4 is 19.9 Å². The highest BCUT2D eigenvalue weighted by Crippen LogP contribution is 2.68. The summed E-state index contributed by atoms with van der Waals surface area (Å²) in [4.78, 5) is 34.5. The minimum atomic E-state index is -4.13. The maximum atomic E-state index is 15.7. The van der Waals surface area contributed by atoms with Crippen LogP contribution >= 0.6 is 11.6 Å². The minimum Gasteiger partial charge on any atom is -0.344 e. The Kier molecular flexibility index (Phi) is 12.0. The second-order valence-corrected chi connectivity index (χ2v) is 22.3. The van der Waals surface area contributed by atoms with Crippen molar-refractivity contribution in [2.45, 2.75) is 74.8 Å². The number of nitrogens with zero attached hydrogens (tertiary/aromatic N) is 7. The number of carbonyl (C=O) groups is 1. The van der Waals surface area contributed by atoms with Crippen LogP contribution in [0.4, 0.5) is 46.6 Å². The van der Waals surface area contributed by atoms with Gasteiger partial charge in [-0.05, 0) is 90.4 Å². The molecule has 0 spiro atoms. The topological polar surface area (TPSA) is 183 Å². The van der Waals surface area contributed by atoms with Crippen LogP contribution in [0.1, 0.15) is 66.0 Å². The number of carbonyl (C=O) groups excluding carboxylic acids is 1. The van der Waals surface area contributed by atoms with Gasteiger partial charge in [0.25, 0.3) is 24.3 Å². The van der Waals surface area contributed by atoms with Crippen molar-refractivity contribution in [3.05, 3.63) is 128 Å². The molecule has 26 heteroatoms. The van der Waals surface area contributed by atoms with Gasteiger partial charge in [-0.2, -0.15) is 19.0 Å². The molecule has 15 nitrogen and oxygen atoms in total. The van der Waals surface area contributed by atoms with Gasteiger partial charge in [-0.1, -0.05) is 29.8 Å². The summed E-state index contributed by atoms with van der Waals surface area (Å²) in [5.74, 6) is -10.1. The third-order valence-electron chi connectivity index (χ3n) is 13.0. The Morgan fingerprint density at radius 3 is 2.31 bits per heavy atom. The van der Waals surface area contributed by atoms with Crippen molar-refractivity contribution in [1.29, 1.82) is 0 Å². The molecule has 3 aliphatic carbocycles. The van der Waals surface area contributed by atoms with Crippen LogP contribution in [0.25, 0.3) is 38.6 Å². The van der Waals surface area contributed by atoms with E-state index in [0.717, 1.165) is 31.9 Å². The number of amides is 1. The molecule has 0 aliphatic heterocycles. The fraction of sp³-hybridized carbons (Fsp3) is 0.326. The number of anilines is 2. The Labute approximate surface area is 408 Å². The molecule has 2 fully saturated rings. The Morgan fingerprint density at radius 1 is 0.931 bits per heavy atom. The number of alkyl halides is 6. The highest BCUT2D eigenvalue weighted by Gasteiger charge is 2.67. The maximum Gasteiger partial charge on any atom is 0.293 e. The van der Waals surface area contributed by atoms with Crippen molar-refractivity contribution in [2.75, 3.05) is 22.3 Å². The molecule has 0 unspecified atom stereocenters. The third kappa shape index (κ3) is 8.81. The summed E-state index contributed by atoms with van der Waals surface area (Å²) in [6.07, 6.45) is -5.50. The Balaban J connectivity index is 1.20. The van der Waals surface area contributed by atoms with Crippen molar-refractivity contribution in [3.8, 4) is 16.8 Å². The van der Waals surface area contributed by atoms with Gasteiger partial charge in [0.1, 0.15) is 41.9 Å². The quantitative estimate of drug-likeness (QED) is 0.0899. The number of nitrogens with one attached hydrogen (secondary N) is 2. The van der Waals surface area contributed by atoms with Crippen LogP contribution in [0.2, 0.25) is 5.02 Å². The zero-order valence-electron chi connectivity index (χ0n) is 37.4. The van der Waals surface area contributed by atoms with Gasteiger partial charge in [-0.25, -0.2) is 48.2 Å². The van der Waals surface area contributed by atoms with E-state index in [-0.39, 0.29) is 55.8 Å². The number of benzene rings is 4. The summed E-state index contributed by atoms with van der Waals surface area (Å²) in [5.41, 5.74) is -2.98. The van der Waals surface area contributed by atoms with E-state index in [9.17, 15) is 48.0 Å². The number of fused-ring (bicyclic) bond motifs is 5. The van der Waals surface area contributed by atoms with E-state index in [1.807, 2.05) is 0 Å². The molecule has 0 bridgehead atoms. The second-order valence-electron chi connectivity index (χ2n) is 18.0. The first-order valence-corrected chi connectivity index (χ1v) is 25.8. The molecule has 378 valence electrons. The first-order valence-electron chi connectivity index (χ1n) is 22.0. The molecule has 2 N–H and O–H groups in total. The second kappa shape index (κ2) is 17.6. The van der Waals surface area contributed by atoms with Crippen LogP contribution in [-0.2, 0) is 50.3 Å². The number of hydrogen-bond acceptors (Lipinski definition) is 9. The SMILES string of the molecule is CN(c1cccc(-c2ccc3c(=O)n(-c4ccc(Cl)c5c(NS(=O)(=O)C6CC6)nn(CC(F)F)c45)c([C@H](Cc4cc(F)cc(F)c4)NC(=O)Cn4nc(C(F)F)c5c4C(F)(F)[C@@H]4C[C@H]54)nc3c2)c1)S(C)(=O)=O. The van der Waals surface area contributed by atoms with Crippen LogP contribution in [0.15, 0.2) is 77.6 Å². The lowest BCUT2D eigenvalue weighted by Crippen LogP contribution is -2.38. The molecule has 0 saturated heterocycles. The highest BCUT2D eigenvalue weighted by atomic mass is 35.5. The average Bonchev–Trinajstić information content (AvgIpc) is 4.22. The minimum absolute atomic E-state index is 0.0675. The molecule has 7 aromatic rings. The summed E-state index contributed by atoms with van der Waals surface area (Å²) in [5, 5.41) is 9.05. The van der Waals surface area contributed by atoms with E-state index in [0.29, 0.717) is 34.7 Å². The summed E-state index contributed by atoms with van der Waals surface area (Å²) in [7, 11) is -6.52. The van der Waals surface area contributed by atoms with Gasteiger partial charge in [0.15, 0.2) is 5.82 Å². The van der Waals surface area contributed by atoms with E-state index in [4.69, 9.17) is 16.6 Å². The smallest absolute Gasteiger partial charge is 0.293 e. The maximum absolute atomic E-state index is 15.7. The number of sulfonamides is 2. The highest BCUT2D eigenvalue weighted by molar-refractivity contribution is 7.93. The first kappa shape index (κ1) is 49.0. The lowest BCUT2D eigenvalue weighted by atomic mass is 10.0. The number of aromatic nitrogens is 6. The van der Waals surface area contributed by atoms with Gasteiger partial charge in [-0.15, -0.1) is 0 Å². The summed E-state index contributed by atoms with van der Waals surface area (Å²) in [6.45, 7) is -2.28. The molecule has 3 aromatic heterocycles. The van der Waals surface area contributed by atoms with Crippen molar-refractivity contribution >= 4 is 70.9 Å². The molecule has 0 radical (unpaired) electrons. The lowest BCUT2D eigenvalue weighted by Gasteiger charge is -2.24. The monoisotopic (exact) mass is 1060 g/mol. The molecule has 3 heterocycles. The molecule has 10 rings (SSSR count). The van der Waals surface area contributed by atoms with Gasteiger partial charge in [-0.3, -0.25) is 32.5 Å². The van der Waals surface area contributed by atoms with Crippen LogP contribution in [0, 0.1) is 17.6 Å². The fourth-order valence-electron chi connectivity index (χ4n) is 9.42. The van der Waals surface area contributed by atoms with Crippen molar-refractivity contribution in [3.63, 3.8) is 0 Å². The van der Waals surface area contributed by atoms with Crippen molar-refractivity contribution in [1.82, 2.24) is 34.4 Å². The summed E-state index contributed by atoms with van der Waals surface area (Å²) in [6, 6.07) is 13.6. The predicted octanol–water partition coefficient (Wildman–Crippen LogP) is 8.34. The van der Waals surface area contributed by atoms with Gasteiger partial charge < -0.3 is 5.32 Å². The van der Waals surface area contributed by atoms with Crippen LogP contribution in [0.5, 0.6) is 0 Å². The fourth-order valence-corrected chi connectivity index (χ4v) is 11.5. The number of rotatable bonds is 16.